The van der Waals surface area contributed by atoms with Crippen LogP contribution in [0, 0.1) is 35.5 Å². The third-order valence-corrected chi connectivity index (χ3v) is 17.5. The Labute approximate surface area is 242 Å². The molecule has 0 spiro atoms. The second kappa shape index (κ2) is 12.4. The Hall–Kier alpha value is 0.300. The molecule has 5 saturated carbocycles. The van der Waals surface area contributed by atoms with Gasteiger partial charge < -0.3 is 18.1 Å². The molecule has 10 unspecified atom stereocenters. The summed E-state index contributed by atoms with van der Waals surface area (Å²) in [5, 5.41) is 0. The molecule has 7 rings (SSSR count). The van der Waals surface area contributed by atoms with Crippen LogP contribution in [0.3, 0.4) is 0 Å². The van der Waals surface area contributed by atoms with Crippen LogP contribution in [0.5, 0.6) is 0 Å². The van der Waals surface area contributed by atoms with E-state index < -0.39 is 15.2 Å². The Morgan fingerprint density at radius 3 is 1.23 bits per heavy atom. The van der Waals surface area contributed by atoms with Gasteiger partial charge in [0.25, 0.3) is 0 Å². The van der Waals surface area contributed by atoms with E-state index in [4.69, 9.17) is 18.1 Å². The predicted octanol–water partition coefficient (Wildman–Crippen LogP) is 9.51. The molecule has 10 atom stereocenters. The molecule has 2 heterocycles. The van der Waals surface area contributed by atoms with Crippen molar-refractivity contribution in [1.82, 2.24) is 0 Å². The Kier molecular flexibility index (Phi) is 8.97. The highest BCUT2D eigenvalue weighted by Crippen LogP contribution is 2.68. The number of hydrogen-bond donors (Lipinski definition) is 0. The van der Waals surface area contributed by atoms with Gasteiger partial charge in [-0.2, -0.15) is 0 Å². The van der Waals surface area contributed by atoms with Gasteiger partial charge in [-0.25, -0.2) is 0 Å². The van der Waals surface area contributed by atoms with Gasteiger partial charge in [0.15, 0.2) is 0 Å². The highest BCUT2D eigenvalue weighted by molar-refractivity contribution is 7.55. The van der Waals surface area contributed by atoms with Crippen LogP contribution >= 0.6 is 15.2 Å². The van der Waals surface area contributed by atoms with E-state index in [1.54, 1.807) is 0 Å². The third kappa shape index (κ3) is 5.75. The summed E-state index contributed by atoms with van der Waals surface area (Å²) in [6.07, 6.45) is 23.5. The topological polar surface area (TPSA) is 71.1 Å². The highest BCUT2D eigenvalue weighted by atomic mass is 31.2. The summed E-state index contributed by atoms with van der Waals surface area (Å²) < 4.78 is 54.0. The van der Waals surface area contributed by atoms with Crippen molar-refractivity contribution < 1.29 is 27.2 Å². The zero-order valence-corrected chi connectivity index (χ0v) is 26.5. The lowest BCUT2D eigenvalue weighted by molar-refractivity contribution is -0.0115. The second-order valence-corrected chi connectivity index (χ2v) is 19.2. The molecule has 8 heteroatoms. The molecule has 0 aromatic rings. The van der Waals surface area contributed by atoms with Crippen LogP contribution in [-0.2, 0) is 27.2 Å². The van der Waals surface area contributed by atoms with Crippen LogP contribution in [0.2, 0.25) is 0 Å². The van der Waals surface area contributed by atoms with Crippen molar-refractivity contribution >= 4 is 15.2 Å². The summed E-state index contributed by atoms with van der Waals surface area (Å²) in [6, 6.07) is 0. The van der Waals surface area contributed by atoms with Crippen LogP contribution in [0.25, 0.3) is 0 Å². The summed E-state index contributed by atoms with van der Waals surface area (Å²) >= 11 is 0. The van der Waals surface area contributed by atoms with Crippen molar-refractivity contribution in [3.05, 3.63) is 0 Å². The minimum absolute atomic E-state index is 0.130. The maximum absolute atomic E-state index is 14.2. The average Bonchev–Trinajstić information content (AvgIpc) is 3.00. The zero-order valence-electron chi connectivity index (χ0n) is 24.7. The van der Waals surface area contributed by atoms with Crippen molar-refractivity contribution in [3.8, 4) is 0 Å². The van der Waals surface area contributed by atoms with Crippen LogP contribution in [-0.4, -0.2) is 36.7 Å². The monoisotopic (exact) mass is 596 g/mol. The molecule has 40 heavy (non-hydrogen) atoms. The van der Waals surface area contributed by atoms with Crippen LogP contribution in [0.4, 0.5) is 0 Å². The SMILES string of the molecule is O=P1(OCC2CCC(COP3(=O)OC4CCCCC4C4CCCCC43)CC2)OC2CCCCC2C2CCCCC21. The van der Waals surface area contributed by atoms with E-state index in [2.05, 4.69) is 0 Å². The van der Waals surface area contributed by atoms with Crippen molar-refractivity contribution in [2.75, 3.05) is 13.2 Å². The van der Waals surface area contributed by atoms with Crippen LogP contribution in [0.1, 0.15) is 128 Å². The number of fused-ring (bicyclic) bond motifs is 6. The van der Waals surface area contributed by atoms with Gasteiger partial charge in [0.05, 0.1) is 36.7 Å². The molecule has 2 aliphatic heterocycles. The summed E-state index contributed by atoms with van der Waals surface area (Å²) in [7, 11) is -6.12. The van der Waals surface area contributed by atoms with E-state index in [1.165, 1.54) is 64.2 Å². The fourth-order valence-corrected chi connectivity index (χ4v) is 15.9. The quantitative estimate of drug-likeness (QED) is 0.285. The van der Waals surface area contributed by atoms with Crippen LogP contribution in [0.15, 0.2) is 0 Å². The third-order valence-electron chi connectivity index (χ3n) is 12.5. The Bertz CT molecular complexity index is 889. The first-order valence-electron chi connectivity index (χ1n) is 17.4. The molecular weight excluding hydrogens is 542 g/mol. The molecule has 5 aliphatic carbocycles. The largest absolute Gasteiger partial charge is 0.334 e. The predicted molar refractivity (Wildman–Crippen MR) is 158 cm³/mol. The lowest BCUT2D eigenvalue weighted by Crippen LogP contribution is -2.45. The average molecular weight is 597 g/mol. The lowest BCUT2D eigenvalue weighted by atomic mass is 9.71. The molecule has 6 nitrogen and oxygen atoms in total. The van der Waals surface area contributed by atoms with Gasteiger partial charge in [-0.1, -0.05) is 51.4 Å². The standard InChI is InChI=1S/C32H54O6P2/c33-39(31-15-7-3-11-27(31)25-9-1-5-13-29(25)37-39)35-21-23-17-19-24(20-18-23)22-36-40(34)32-16-8-4-12-28(32)26-10-2-6-14-30(26)38-40/h23-32H,1-22H2. The van der Waals surface area contributed by atoms with E-state index >= 15 is 0 Å². The fraction of sp³-hybridized carbons (Fsp3) is 1.00. The Morgan fingerprint density at radius 1 is 0.450 bits per heavy atom. The molecule has 0 bridgehead atoms. The Balaban J connectivity index is 0.914. The Morgan fingerprint density at radius 2 is 0.800 bits per heavy atom. The minimum atomic E-state index is -3.06. The van der Waals surface area contributed by atoms with Gasteiger partial charge in [-0.15, -0.1) is 0 Å². The molecule has 7 aliphatic rings. The van der Waals surface area contributed by atoms with Gasteiger partial charge in [-0.05, 0) is 113 Å². The second-order valence-electron chi connectivity index (χ2n) is 14.8. The first-order valence-corrected chi connectivity index (χ1v) is 20.6. The molecule has 2 saturated heterocycles. The number of hydrogen-bond acceptors (Lipinski definition) is 6. The summed E-state index contributed by atoms with van der Waals surface area (Å²) in [5.74, 6) is 3.17. The first kappa shape index (κ1) is 29.0. The minimum Gasteiger partial charge on any atom is -0.308 e. The maximum atomic E-state index is 14.2. The van der Waals surface area contributed by atoms with Crippen LogP contribution < -0.4 is 0 Å². The van der Waals surface area contributed by atoms with Gasteiger partial charge in [0.1, 0.15) is 0 Å². The van der Waals surface area contributed by atoms with Crippen molar-refractivity contribution in [1.29, 1.82) is 0 Å². The smallest absolute Gasteiger partial charge is 0.308 e. The van der Waals surface area contributed by atoms with Crippen molar-refractivity contribution in [2.45, 2.75) is 152 Å². The molecule has 0 aromatic heterocycles. The molecule has 0 amide bonds. The van der Waals surface area contributed by atoms with Crippen molar-refractivity contribution in [2.24, 2.45) is 35.5 Å². The van der Waals surface area contributed by atoms with E-state index in [0.29, 0.717) is 48.7 Å². The van der Waals surface area contributed by atoms with Gasteiger partial charge in [0, 0.05) is 0 Å². The van der Waals surface area contributed by atoms with E-state index in [9.17, 15) is 9.13 Å². The van der Waals surface area contributed by atoms with Crippen molar-refractivity contribution in [3.63, 3.8) is 0 Å². The van der Waals surface area contributed by atoms with Gasteiger partial charge in [-0.3, -0.25) is 9.13 Å². The number of rotatable bonds is 6. The normalized spacial score (nSPS) is 51.1. The molecule has 0 N–H and O–H groups in total. The molecule has 7 fully saturated rings. The maximum Gasteiger partial charge on any atom is 0.334 e. The molecule has 0 radical (unpaired) electrons. The summed E-state index contributed by atoms with van der Waals surface area (Å²) in [6.45, 7) is 1.14. The first-order chi connectivity index (χ1) is 19.5. The molecular formula is C32H54O6P2. The summed E-state index contributed by atoms with van der Waals surface area (Å²) in [4.78, 5) is 0. The molecule has 228 valence electrons. The highest BCUT2D eigenvalue weighted by Gasteiger charge is 2.55. The fourth-order valence-electron chi connectivity index (χ4n) is 10.3. The van der Waals surface area contributed by atoms with Gasteiger partial charge >= 0.3 is 15.2 Å². The molecule has 0 aromatic carbocycles. The lowest BCUT2D eigenvalue weighted by Gasteiger charge is -2.50. The van der Waals surface area contributed by atoms with E-state index in [0.717, 1.165) is 64.2 Å². The zero-order chi connectivity index (χ0) is 27.2. The van der Waals surface area contributed by atoms with E-state index in [1.807, 2.05) is 0 Å². The van der Waals surface area contributed by atoms with Gasteiger partial charge in [0.2, 0.25) is 0 Å². The van der Waals surface area contributed by atoms with E-state index in [-0.39, 0.29) is 23.5 Å². The summed E-state index contributed by atoms with van der Waals surface area (Å²) in [5.41, 5.74) is 0.260.